The van der Waals surface area contributed by atoms with Crippen molar-refractivity contribution in [1.82, 2.24) is 10.2 Å². The van der Waals surface area contributed by atoms with Crippen LogP contribution in [0.1, 0.15) is 46.0 Å². The summed E-state index contributed by atoms with van der Waals surface area (Å²) in [6.45, 7) is 5.84. The van der Waals surface area contributed by atoms with Crippen LogP contribution in [0.5, 0.6) is 0 Å². The average molecular weight is 268 g/mol. The topological polar surface area (TPSA) is 35.5 Å². The van der Waals surface area contributed by atoms with Gasteiger partial charge in [-0.3, -0.25) is 0 Å². The lowest BCUT2D eigenvalue weighted by Gasteiger charge is -2.36. The Bertz CT molecular complexity index is 290. The van der Waals surface area contributed by atoms with Crippen molar-refractivity contribution in [3.05, 3.63) is 0 Å². The molecule has 0 heterocycles. The number of hydrogen-bond acceptors (Lipinski definition) is 3. The second kappa shape index (κ2) is 6.11. The summed E-state index contributed by atoms with van der Waals surface area (Å²) in [5.41, 5.74) is -0.150. The Morgan fingerprint density at radius 2 is 2.11 bits per heavy atom. The molecule has 2 fully saturated rings. The van der Waals surface area contributed by atoms with Crippen LogP contribution in [0.4, 0.5) is 0 Å². The van der Waals surface area contributed by atoms with Crippen LogP contribution in [0.3, 0.4) is 0 Å². The fourth-order valence-electron chi connectivity index (χ4n) is 4.20. The normalized spacial score (nSPS) is 34.7. The molecule has 0 aromatic heterocycles. The highest BCUT2D eigenvalue weighted by Gasteiger charge is 2.40. The van der Waals surface area contributed by atoms with Crippen molar-refractivity contribution in [3.8, 4) is 0 Å². The molecule has 5 atom stereocenters. The molecule has 0 aromatic rings. The van der Waals surface area contributed by atoms with E-state index in [1.54, 1.807) is 0 Å². The van der Waals surface area contributed by atoms with Crippen molar-refractivity contribution >= 4 is 0 Å². The van der Waals surface area contributed by atoms with E-state index in [1.165, 1.54) is 32.2 Å². The molecule has 2 N–H and O–H groups in total. The highest BCUT2D eigenvalue weighted by Crippen LogP contribution is 2.48. The zero-order valence-corrected chi connectivity index (χ0v) is 13.2. The van der Waals surface area contributed by atoms with E-state index in [1.807, 2.05) is 7.05 Å². The Balaban J connectivity index is 1.81. The zero-order chi connectivity index (χ0) is 14.0. The quantitative estimate of drug-likeness (QED) is 0.742. The number of nitrogens with zero attached hydrogens (tertiary/aromatic N) is 1. The molecule has 3 nitrogen and oxygen atoms in total. The third-order valence-electron chi connectivity index (χ3n) is 5.86. The summed E-state index contributed by atoms with van der Waals surface area (Å²) in [5.74, 6) is 2.98. The van der Waals surface area contributed by atoms with Gasteiger partial charge in [0.1, 0.15) is 0 Å². The second-order valence-electron chi connectivity index (χ2n) is 7.40. The maximum atomic E-state index is 9.51. The number of rotatable bonds is 7. The van der Waals surface area contributed by atoms with E-state index in [9.17, 15) is 5.11 Å². The lowest BCUT2D eigenvalue weighted by Crippen LogP contribution is -2.49. The summed E-state index contributed by atoms with van der Waals surface area (Å²) in [6, 6.07) is 0.517. The largest absolute Gasteiger partial charge is 0.394 e. The predicted octanol–water partition coefficient (Wildman–Crippen LogP) is 2.10. The Kier molecular flexibility index (Phi) is 4.91. The highest BCUT2D eigenvalue weighted by molar-refractivity contribution is 4.92. The van der Waals surface area contributed by atoms with Crippen LogP contribution in [0.15, 0.2) is 0 Å². The molecule has 2 rings (SSSR count). The number of fused-ring (bicyclic) bond motifs is 2. The Morgan fingerprint density at radius 1 is 1.37 bits per heavy atom. The first-order chi connectivity index (χ1) is 8.97. The number of likely N-dealkylation sites (N-methyl/N-ethyl adjacent to an activating group) is 1. The number of aliphatic hydroxyl groups excluding tert-OH is 1. The minimum atomic E-state index is -0.150. The highest BCUT2D eigenvalue weighted by atomic mass is 16.3. The first-order valence-electron chi connectivity index (χ1n) is 7.97. The SMILES string of the molecule is CNC(C)(CO)CC(C)N(C)CC1CC2CCC1C2. The third kappa shape index (κ3) is 3.50. The van der Waals surface area contributed by atoms with E-state index < -0.39 is 0 Å². The number of hydrogen-bond donors (Lipinski definition) is 2. The molecular formula is C16H32N2O. The van der Waals surface area contributed by atoms with Gasteiger partial charge < -0.3 is 15.3 Å². The van der Waals surface area contributed by atoms with Crippen LogP contribution in [0.2, 0.25) is 0 Å². The molecule has 112 valence electrons. The first kappa shape index (κ1) is 15.3. The first-order valence-corrected chi connectivity index (χ1v) is 7.97. The van der Waals surface area contributed by atoms with E-state index in [0.29, 0.717) is 6.04 Å². The lowest BCUT2D eigenvalue weighted by molar-refractivity contribution is 0.116. The summed E-state index contributed by atoms with van der Waals surface area (Å²) in [5, 5.41) is 12.8. The van der Waals surface area contributed by atoms with Crippen LogP contribution in [0, 0.1) is 17.8 Å². The molecular weight excluding hydrogens is 236 g/mol. The van der Waals surface area contributed by atoms with Crippen LogP contribution in [0.25, 0.3) is 0 Å². The molecule has 3 heteroatoms. The van der Waals surface area contributed by atoms with E-state index in [-0.39, 0.29) is 12.1 Å². The van der Waals surface area contributed by atoms with Gasteiger partial charge >= 0.3 is 0 Å². The summed E-state index contributed by atoms with van der Waals surface area (Å²) in [4.78, 5) is 2.51. The minimum absolute atomic E-state index is 0.150. The van der Waals surface area contributed by atoms with Gasteiger partial charge in [-0.1, -0.05) is 6.42 Å². The maximum absolute atomic E-state index is 9.51. The zero-order valence-electron chi connectivity index (χ0n) is 13.2. The summed E-state index contributed by atoms with van der Waals surface area (Å²) < 4.78 is 0. The molecule has 5 unspecified atom stereocenters. The van der Waals surface area contributed by atoms with Crippen LogP contribution in [-0.2, 0) is 0 Å². The van der Waals surface area contributed by atoms with Gasteiger partial charge in [0, 0.05) is 18.1 Å². The van der Waals surface area contributed by atoms with Crippen molar-refractivity contribution in [2.75, 3.05) is 27.2 Å². The van der Waals surface area contributed by atoms with Crippen LogP contribution in [-0.4, -0.2) is 48.8 Å². The molecule has 2 aliphatic rings. The van der Waals surface area contributed by atoms with E-state index in [2.05, 4.69) is 31.1 Å². The van der Waals surface area contributed by atoms with Gasteiger partial charge in [0.05, 0.1) is 6.61 Å². The Labute approximate surface area is 118 Å². The molecule has 2 saturated carbocycles. The lowest BCUT2D eigenvalue weighted by atomic mass is 9.87. The molecule has 0 saturated heterocycles. The van der Waals surface area contributed by atoms with E-state index >= 15 is 0 Å². The molecule has 19 heavy (non-hydrogen) atoms. The van der Waals surface area contributed by atoms with Gasteiger partial charge in [0.15, 0.2) is 0 Å². The smallest absolute Gasteiger partial charge is 0.0611 e. The van der Waals surface area contributed by atoms with Crippen molar-refractivity contribution in [3.63, 3.8) is 0 Å². The standard InChI is InChI=1S/C16H32N2O/c1-12(9-16(2,11-19)17-3)18(4)10-15-8-13-5-6-14(15)7-13/h12-15,17,19H,5-11H2,1-4H3. The number of nitrogens with one attached hydrogen (secondary N) is 1. The van der Waals surface area contributed by atoms with Gasteiger partial charge in [-0.15, -0.1) is 0 Å². The van der Waals surface area contributed by atoms with E-state index in [4.69, 9.17) is 0 Å². The summed E-state index contributed by atoms with van der Waals surface area (Å²) in [7, 11) is 4.20. The molecule has 0 radical (unpaired) electrons. The molecule has 0 amide bonds. The molecule has 2 aliphatic carbocycles. The summed E-state index contributed by atoms with van der Waals surface area (Å²) in [6.07, 6.45) is 6.92. The molecule has 0 aromatic carbocycles. The van der Waals surface area contributed by atoms with Gasteiger partial charge in [-0.05, 0) is 71.4 Å². The fourth-order valence-corrected chi connectivity index (χ4v) is 4.20. The van der Waals surface area contributed by atoms with Gasteiger partial charge in [-0.25, -0.2) is 0 Å². The maximum Gasteiger partial charge on any atom is 0.0611 e. The van der Waals surface area contributed by atoms with Crippen LogP contribution >= 0.6 is 0 Å². The number of aliphatic hydroxyl groups is 1. The van der Waals surface area contributed by atoms with Crippen molar-refractivity contribution in [2.45, 2.75) is 57.5 Å². The van der Waals surface area contributed by atoms with Crippen molar-refractivity contribution < 1.29 is 5.11 Å². The van der Waals surface area contributed by atoms with Gasteiger partial charge in [-0.2, -0.15) is 0 Å². The van der Waals surface area contributed by atoms with E-state index in [0.717, 1.165) is 24.2 Å². The second-order valence-corrected chi connectivity index (χ2v) is 7.40. The van der Waals surface area contributed by atoms with Gasteiger partial charge in [0.2, 0.25) is 0 Å². The molecule has 2 bridgehead atoms. The van der Waals surface area contributed by atoms with Crippen molar-refractivity contribution in [2.24, 2.45) is 17.8 Å². The fraction of sp³-hybridized carbons (Fsp3) is 1.00. The molecule has 0 aliphatic heterocycles. The van der Waals surface area contributed by atoms with Crippen molar-refractivity contribution in [1.29, 1.82) is 0 Å². The Hall–Kier alpha value is -0.120. The predicted molar refractivity (Wildman–Crippen MR) is 80.2 cm³/mol. The third-order valence-corrected chi connectivity index (χ3v) is 5.86. The van der Waals surface area contributed by atoms with Gasteiger partial charge in [0.25, 0.3) is 0 Å². The molecule has 0 spiro atoms. The summed E-state index contributed by atoms with van der Waals surface area (Å²) >= 11 is 0. The monoisotopic (exact) mass is 268 g/mol. The average Bonchev–Trinajstić information content (AvgIpc) is 3.00. The van der Waals surface area contributed by atoms with Crippen LogP contribution < -0.4 is 5.32 Å². The Morgan fingerprint density at radius 3 is 2.58 bits per heavy atom. The minimum Gasteiger partial charge on any atom is -0.394 e.